The van der Waals surface area contributed by atoms with Gasteiger partial charge in [-0.2, -0.15) is 0 Å². The SMILES string of the molecule is CCOc1cc(C=C2SC(=S)N(C)C2=O)ccc1OCc1ccccc1. The van der Waals surface area contributed by atoms with Gasteiger partial charge in [0.25, 0.3) is 5.91 Å². The molecule has 3 rings (SSSR count). The van der Waals surface area contributed by atoms with E-state index >= 15 is 0 Å². The molecule has 0 aromatic heterocycles. The van der Waals surface area contributed by atoms with Gasteiger partial charge in [-0.1, -0.05) is 60.4 Å². The molecule has 0 spiro atoms. The van der Waals surface area contributed by atoms with E-state index in [1.54, 1.807) is 7.05 Å². The zero-order valence-corrected chi connectivity index (χ0v) is 16.2. The third-order valence-corrected chi connectivity index (χ3v) is 5.27. The highest BCUT2D eigenvalue weighted by atomic mass is 32.2. The second-order valence-corrected chi connectivity index (χ2v) is 7.33. The van der Waals surface area contributed by atoms with Crippen molar-refractivity contribution in [3.63, 3.8) is 0 Å². The number of hydrogen-bond acceptors (Lipinski definition) is 5. The van der Waals surface area contributed by atoms with E-state index in [1.807, 2.05) is 61.5 Å². The van der Waals surface area contributed by atoms with Crippen molar-refractivity contribution in [1.29, 1.82) is 0 Å². The van der Waals surface area contributed by atoms with E-state index in [2.05, 4.69) is 0 Å². The van der Waals surface area contributed by atoms with Gasteiger partial charge in [0, 0.05) is 7.05 Å². The third-order valence-electron chi connectivity index (χ3n) is 3.79. The summed E-state index contributed by atoms with van der Waals surface area (Å²) < 4.78 is 12.2. The van der Waals surface area contributed by atoms with Crippen LogP contribution in [0.4, 0.5) is 0 Å². The number of rotatable bonds is 6. The van der Waals surface area contributed by atoms with Crippen LogP contribution in [0.1, 0.15) is 18.1 Å². The van der Waals surface area contributed by atoms with Crippen molar-refractivity contribution in [2.75, 3.05) is 13.7 Å². The van der Waals surface area contributed by atoms with Gasteiger partial charge in [-0.3, -0.25) is 9.69 Å². The van der Waals surface area contributed by atoms with Gasteiger partial charge in [-0.25, -0.2) is 0 Å². The smallest absolute Gasteiger partial charge is 0.265 e. The number of nitrogens with zero attached hydrogens (tertiary/aromatic N) is 1. The second kappa shape index (κ2) is 8.38. The lowest BCUT2D eigenvalue weighted by Gasteiger charge is -2.13. The summed E-state index contributed by atoms with van der Waals surface area (Å²) in [5.41, 5.74) is 1.96. The monoisotopic (exact) mass is 385 g/mol. The molecular formula is C20H19NO3S2. The van der Waals surface area contributed by atoms with Gasteiger partial charge < -0.3 is 9.47 Å². The topological polar surface area (TPSA) is 38.8 Å². The van der Waals surface area contributed by atoms with Crippen LogP contribution >= 0.6 is 24.0 Å². The van der Waals surface area contributed by atoms with Crippen molar-refractivity contribution in [1.82, 2.24) is 4.90 Å². The molecule has 0 saturated carbocycles. The molecule has 1 aliphatic heterocycles. The van der Waals surface area contributed by atoms with Crippen LogP contribution in [-0.4, -0.2) is 28.8 Å². The largest absolute Gasteiger partial charge is 0.490 e. The fraction of sp³-hybridized carbons (Fsp3) is 0.200. The maximum atomic E-state index is 12.2. The number of amides is 1. The third kappa shape index (κ3) is 4.26. The Hall–Kier alpha value is -2.31. The van der Waals surface area contributed by atoms with E-state index in [0.717, 1.165) is 11.1 Å². The number of ether oxygens (including phenoxy) is 2. The normalized spacial score (nSPS) is 15.6. The van der Waals surface area contributed by atoms with Crippen molar-refractivity contribution >= 4 is 40.3 Å². The number of hydrogen-bond donors (Lipinski definition) is 0. The van der Waals surface area contributed by atoms with Crippen LogP contribution in [-0.2, 0) is 11.4 Å². The van der Waals surface area contributed by atoms with Gasteiger partial charge in [0.1, 0.15) is 10.9 Å². The second-order valence-electron chi connectivity index (χ2n) is 5.65. The molecule has 26 heavy (non-hydrogen) atoms. The summed E-state index contributed by atoms with van der Waals surface area (Å²) in [6.07, 6.45) is 1.83. The maximum absolute atomic E-state index is 12.2. The molecule has 1 amide bonds. The van der Waals surface area contributed by atoms with E-state index in [0.29, 0.717) is 33.9 Å². The molecule has 0 unspecified atom stereocenters. The Kier molecular flexibility index (Phi) is 5.96. The summed E-state index contributed by atoms with van der Waals surface area (Å²) in [6.45, 7) is 2.92. The van der Waals surface area contributed by atoms with Crippen LogP contribution in [0.15, 0.2) is 53.4 Å². The van der Waals surface area contributed by atoms with Crippen molar-refractivity contribution in [3.8, 4) is 11.5 Å². The van der Waals surface area contributed by atoms with Gasteiger partial charge in [-0.15, -0.1) is 0 Å². The number of thioether (sulfide) groups is 1. The first-order valence-electron chi connectivity index (χ1n) is 8.23. The molecule has 0 aliphatic carbocycles. The number of carbonyl (C=O) groups is 1. The van der Waals surface area contributed by atoms with E-state index in [-0.39, 0.29) is 5.91 Å². The van der Waals surface area contributed by atoms with Crippen molar-refractivity contribution in [3.05, 3.63) is 64.6 Å². The predicted octanol–water partition coefficient (Wildman–Crippen LogP) is 4.50. The van der Waals surface area contributed by atoms with Crippen molar-refractivity contribution in [2.24, 2.45) is 0 Å². The summed E-state index contributed by atoms with van der Waals surface area (Å²) in [6, 6.07) is 15.6. The lowest BCUT2D eigenvalue weighted by atomic mass is 10.1. The van der Waals surface area contributed by atoms with Gasteiger partial charge in [0.15, 0.2) is 11.5 Å². The molecule has 1 heterocycles. The van der Waals surface area contributed by atoms with Crippen LogP contribution in [0.3, 0.4) is 0 Å². The highest BCUT2D eigenvalue weighted by Crippen LogP contribution is 2.34. The zero-order valence-electron chi connectivity index (χ0n) is 14.6. The molecule has 4 nitrogen and oxygen atoms in total. The molecule has 0 bridgehead atoms. The molecule has 1 fully saturated rings. The van der Waals surface area contributed by atoms with Crippen LogP contribution in [0.2, 0.25) is 0 Å². The summed E-state index contributed by atoms with van der Waals surface area (Å²) in [4.78, 5) is 14.2. The molecule has 0 N–H and O–H groups in total. The quantitative estimate of drug-likeness (QED) is 0.541. The van der Waals surface area contributed by atoms with Gasteiger partial charge in [0.05, 0.1) is 11.5 Å². The molecule has 0 atom stereocenters. The molecule has 0 radical (unpaired) electrons. The molecule has 1 aliphatic rings. The Balaban J connectivity index is 1.80. The van der Waals surface area contributed by atoms with E-state index in [4.69, 9.17) is 21.7 Å². The van der Waals surface area contributed by atoms with Gasteiger partial charge in [-0.05, 0) is 36.3 Å². The fourth-order valence-corrected chi connectivity index (χ4v) is 3.61. The molecule has 1 saturated heterocycles. The first kappa shape index (κ1) is 18.5. The Morgan fingerprint density at radius 2 is 1.88 bits per heavy atom. The average Bonchev–Trinajstić information content (AvgIpc) is 2.89. The Labute approximate surface area is 162 Å². The predicted molar refractivity (Wildman–Crippen MR) is 109 cm³/mol. The number of likely N-dealkylation sites (N-methyl/N-ethyl adjacent to an activating group) is 1. The van der Waals surface area contributed by atoms with E-state index < -0.39 is 0 Å². The average molecular weight is 386 g/mol. The van der Waals surface area contributed by atoms with E-state index in [9.17, 15) is 4.79 Å². The van der Waals surface area contributed by atoms with Crippen LogP contribution in [0.5, 0.6) is 11.5 Å². The van der Waals surface area contributed by atoms with Gasteiger partial charge in [0.2, 0.25) is 0 Å². The minimum Gasteiger partial charge on any atom is -0.490 e. The molecular weight excluding hydrogens is 366 g/mol. The standard InChI is InChI=1S/C20H19NO3S2/c1-3-23-17-11-15(12-18-19(22)21(2)20(25)26-18)9-10-16(17)24-13-14-7-5-4-6-8-14/h4-12H,3,13H2,1-2H3. The highest BCUT2D eigenvalue weighted by Gasteiger charge is 2.28. The minimum absolute atomic E-state index is 0.0811. The fourth-order valence-electron chi connectivity index (χ4n) is 2.43. The highest BCUT2D eigenvalue weighted by molar-refractivity contribution is 8.26. The number of thiocarbonyl (C=S) groups is 1. The zero-order chi connectivity index (χ0) is 18.5. The van der Waals surface area contributed by atoms with Crippen molar-refractivity contribution < 1.29 is 14.3 Å². The molecule has 2 aromatic rings. The maximum Gasteiger partial charge on any atom is 0.265 e. The summed E-state index contributed by atoms with van der Waals surface area (Å²) in [7, 11) is 1.69. The lowest BCUT2D eigenvalue weighted by molar-refractivity contribution is -0.121. The molecule has 134 valence electrons. The van der Waals surface area contributed by atoms with Crippen LogP contribution in [0, 0.1) is 0 Å². The lowest BCUT2D eigenvalue weighted by Crippen LogP contribution is -2.22. The van der Waals surface area contributed by atoms with Crippen molar-refractivity contribution in [2.45, 2.75) is 13.5 Å². The summed E-state index contributed by atoms with van der Waals surface area (Å²) >= 11 is 6.47. The van der Waals surface area contributed by atoms with Crippen LogP contribution < -0.4 is 9.47 Å². The Bertz CT molecular complexity index is 849. The first-order chi connectivity index (χ1) is 12.6. The summed E-state index contributed by atoms with van der Waals surface area (Å²) in [5, 5.41) is 0. The number of carbonyl (C=O) groups excluding carboxylic acids is 1. The van der Waals surface area contributed by atoms with E-state index in [1.165, 1.54) is 16.7 Å². The Morgan fingerprint density at radius 1 is 1.12 bits per heavy atom. The summed E-state index contributed by atoms with van der Waals surface area (Å²) in [5.74, 6) is 1.25. The molecule has 2 aromatic carbocycles. The molecule has 6 heteroatoms. The first-order valence-corrected chi connectivity index (χ1v) is 9.46. The number of benzene rings is 2. The van der Waals surface area contributed by atoms with Crippen LogP contribution in [0.25, 0.3) is 6.08 Å². The minimum atomic E-state index is -0.0811. The Morgan fingerprint density at radius 3 is 2.54 bits per heavy atom. The van der Waals surface area contributed by atoms with Gasteiger partial charge >= 0.3 is 0 Å².